The van der Waals surface area contributed by atoms with E-state index in [1.165, 1.54) is 5.56 Å². The van der Waals surface area contributed by atoms with Crippen LogP contribution in [0, 0.1) is 6.92 Å². The summed E-state index contributed by atoms with van der Waals surface area (Å²) in [6, 6.07) is 19.8. The van der Waals surface area contributed by atoms with Gasteiger partial charge < -0.3 is 15.2 Å². The zero-order valence-electron chi connectivity index (χ0n) is 14.5. The van der Waals surface area contributed by atoms with Crippen molar-refractivity contribution in [2.24, 2.45) is 0 Å². The predicted molar refractivity (Wildman–Crippen MR) is 97.1 cm³/mol. The number of rotatable bonds is 8. The van der Waals surface area contributed by atoms with Crippen molar-refractivity contribution >= 4 is 6.09 Å². The maximum absolute atomic E-state index is 10.3. The standard InChI is InChI=1S/C12H18N2O4.C7H8/c15-12(16)14(17)9-4-7-13-8-10-18-11-5-2-1-3-6-11;1-7-5-3-2-4-6-7/h1-3,5-6,13,17H,4,7-10H2,(H,15,16);2-6H,1H3. The van der Waals surface area contributed by atoms with Crippen molar-refractivity contribution in [2.45, 2.75) is 13.3 Å². The van der Waals surface area contributed by atoms with E-state index in [9.17, 15) is 4.79 Å². The van der Waals surface area contributed by atoms with Crippen molar-refractivity contribution in [3.05, 3.63) is 66.2 Å². The van der Waals surface area contributed by atoms with Crippen molar-refractivity contribution in [3.8, 4) is 5.75 Å². The van der Waals surface area contributed by atoms with Gasteiger partial charge in [0.2, 0.25) is 0 Å². The summed E-state index contributed by atoms with van der Waals surface area (Å²) in [5.41, 5.74) is 1.32. The fraction of sp³-hybridized carbons (Fsp3) is 0.316. The molecule has 0 heterocycles. The molecule has 1 amide bonds. The van der Waals surface area contributed by atoms with E-state index in [-0.39, 0.29) is 11.6 Å². The molecule has 0 atom stereocenters. The molecule has 25 heavy (non-hydrogen) atoms. The number of hydrogen-bond acceptors (Lipinski definition) is 4. The summed E-state index contributed by atoms with van der Waals surface area (Å²) in [5, 5.41) is 20.6. The number of carboxylic acid groups (broad SMARTS) is 1. The number of carbonyl (C=O) groups is 1. The number of ether oxygens (including phenoxy) is 1. The van der Waals surface area contributed by atoms with Crippen LogP contribution in [0.3, 0.4) is 0 Å². The van der Waals surface area contributed by atoms with Crippen LogP contribution in [0.15, 0.2) is 60.7 Å². The molecule has 0 aliphatic rings. The summed E-state index contributed by atoms with van der Waals surface area (Å²) >= 11 is 0. The Hall–Kier alpha value is -2.57. The molecule has 3 N–H and O–H groups in total. The van der Waals surface area contributed by atoms with Gasteiger partial charge in [0, 0.05) is 6.54 Å². The second-order valence-electron chi connectivity index (χ2n) is 5.33. The molecule has 0 unspecified atom stereocenters. The van der Waals surface area contributed by atoms with Gasteiger partial charge in [-0.25, -0.2) is 4.79 Å². The van der Waals surface area contributed by atoms with Gasteiger partial charge in [0.15, 0.2) is 0 Å². The zero-order chi connectivity index (χ0) is 18.3. The number of nitrogens with one attached hydrogen (secondary N) is 1. The highest BCUT2D eigenvalue weighted by atomic mass is 16.6. The molecule has 6 heteroatoms. The van der Waals surface area contributed by atoms with Crippen molar-refractivity contribution < 1.29 is 19.8 Å². The highest BCUT2D eigenvalue weighted by Gasteiger charge is 2.05. The predicted octanol–water partition coefficient (Wildman–Crippen LogP) is 3.41. The van der Waals surface area contributed by atoms with Crippen LogP contribution < -0.4 is 10.1 Å². The fourth-order valence-corrected chi connectivity index (χ4v) is 1.87. The molecule has 0 fully saturated rings. The Labute approximate surface area is 148 Å². The summed E-state index contributed by atoms with van der Waals surface area (Å²) in [6.45, 7) is 4.03. The lowest BCUT2D eigenvalue weighted by Crippen LogP contribution is -2.30. The maximum atomic E-state index is 10.3. The molecular formula is C19H26N2O4. The van der Waals surface area contributed by atoms with Crippen molar-refractivity contribution in [1.29, 1.82) is 0 Å². The van der Waals surface area contributed by atoms with Crippen LogP contribution in [-0.2, 0) is 0 Å². The van der Waals surface area contributed by atoms with Crippen molar-refractivity contribution in [3.63, 3.8) is 0 Å². The topological polar surface area (TPSA) is 82.0 Å². The molecule has 0 saturated carbocycles. The minimum absolute atomic E-state index is 0.0991. The molecular weight excluding hydrogens is 320 g/mol. The van der Waals surface area contributed by atoms with E-state index in [2.05, 4.69) is 24.4 Å². The van der Waals surface area contributed by atoms with Gasteiger partial charge in [-0.1, -0.05) is 54.1 Å². The molecule has 0 spiro atoms. The molecule has 2 aromatic carbocycles. The number of nitrogens with zero attached hydrogens (tertiary/aromatic N) is 1. The molecule has 6 nitrogen and oxygen atoms in total. The van der Waals surface area contributed by atoms with Crippen LogP contribution in [0.4, 0.5) is 4.79 Å². The van der Waals surface area contributed by atoms with Crippen molar-refractivity contribution in [1.82, 2.24) is 10.4 Å². The summed E-state index contributed by atoms with van der Waals surface area (Å²) in [4.78, 5) is 10.3. The van der Waals surface area contributed by atoms with E-state index in [4.69, 9.17) is 15.1 Å². The average Bonchev–Trinajstić information content (AvgIpc) is 2.62. The Morgan fingerprint density at radius 3 is 2.16 bits per heavy atom. The van der Waals surface area contributed by atoms with Gasteiger partial charge in [0.05, 0.1) is 6.54 Å². The number of para-hydroxylation sites is 1. The lowest BCUT2D eigenvalue weighted by molar-refractivity contribution is -0.0640. The molecule has 0 aliphatic carbocycles. The van der Waals surface area contributed by atoms with Crippen LogP contribution in [-0.4, -0.2) is 47.7 Å². The maximum Gasteiger partial charge on any atom is 0.431 e. The number of amides is 1. The molecule has 2 rings (SSSR count). The van der Waals surface area contributed by atoms with Crippen LogP contribution in [0.1, 0.15) is 12.0 Å². The van der Waals surface area contributed by atoms with E-state index in [1.54, 1.807) is 0 Å². The van der Waals surface area contributed by atoms with Gasteiger partial charge in [-0.3, -0.25) is 5.21 Å². The zero-order valence-corrected chi connectivity index (χ0v) is 14.5. The molecule has 0 aliphatic heterocycles. The van der Waals surface area contributed by atoms with Crippen molar-refractivity contribution in [2.75, 3.05) is 26.2 Å². The van der Waals surface area contributed by atoms with Gasteiger partial charge in [0.1, 0.15) is 12.4 Å². The first-order valence-electron chi connectivity index (χ1n) is 8.19. The molecule has 2 aromatic rings. The highest BCUT2D eigenvalue weighted by molar-refractivity contribution is 5.63. The summed E-state index contributed by atoms with van der Waals surface area (Å²) in [7, 11) is 0. The van der Waals surface area contributed by atoms with Crippen LogP contribution >= 0.6 is 0 Å². The number of hydrogen-bond donors (Lipinski definition) is 3. The summed E-state index contributed by atoms with van der Waals surface area (Å²) in [6.07, 6.45) is -0.781. The minimum Gasteiger partial charge on any atom is -0.492 e. The first-order valence-corrected chi connectivity index (χ1v) is 8.19. The SMILES string of the molecule is Cc1ccccc1.O=C(O)N(O)CCCNCCOc1ccccc1. The quantitative estimate of drug-likeness (QED) is 0.388. The first kappa shape index (κ1) is 20.5. The van der Waals surface area contributed by atoms with Crippen LogP contribution in [0.5, 0.6) is 5.75 Å². The van der Waals surface area contributed by atoms with E-state index >= 15 is 0 Å². The third-order valence-electron chi connectivity index (χ3n) is 3.18. The number of benzene rings is 2. The van der Waals surface area contributed by atoms with Crippen LogP contribution in [0.25, 0.3) is 0 Å². The molecule has 136 valence electrons. The normalized spacial score (nSPS) is 9.68. The van der Waals surface area contributed by atoms with E-state index < -0.39 is 6.09 Å². The van der Waals surface area contributed by atoms with Crippen LogP contribution in [0.2, 0.25) is 0 Å². The summed E-state index contributed by atoms with van der Waals surface area (Å²) in [5.74, 6) is 0.826. The van der Waals surface area contributed by atoms with Gasteiger partial charge in [-0.15, -0.1) is 0 Å². The molecule has 0 aromatic heterocycles. The lowest BCUT2D eigenvalue weighted by atomic mass is 10.2. The number of aryl methyl sites for hydroxylation is 1. The second-order valence-corrected chi connectivity index (χ2v) is 5.33. The number of hydroxylamine groups is 2. The third-order valence-corrected chi connectivity index (χ3v) is 3.18. The monoisotopic (exact) mass is 346 g/mol. The largest absolute Gasteiger partial charge is 0.492 e. The highest BCUT2D eigenvalue weighted by Crippen LogP contribution is 2.07. The smallest absolute Gasteiger partial charge is 0.431 e. The Balaban J connectivity index is 0.000000370. The third kappa shape index (κ3) is 10.8. The molecule has 0 bridgehead atoms. The van der Waals surface area contributed by atoms with E-state index in [1.807, 2.05) is 48.5 Å². The second kappa shape index (κ2) is 12.8. The Kier molecular flexibility index (Phi) is 10.5. The average molecular weight is 346 g/mol. The van der Waals surface area contributed by atoms with E-state index in [0.29, 0.717) is 26.1 Å². The van der Waals surface area contributed by atoms with Gasteiger partial charge in [-0.05, 0) is 32.0 Å². The minimum atomic E-state index is -1.33. The van der Waals surface area contributed by atoms with Gasteiger partial charge in [0.25, 0.3) is 0 Å². The molecule has 0 radical (unpaired) electrons. The first-order chi connectivity index (χ1) is 12.1. The Morgan fingerprint density at radius 2 is 1.64 bits per heavy atom. The molecule has 0 saturated heterocycles. The summed E-state index contributed by atoms with van der Waals surface area (Å²) < 4.78 is 5.46. The van der Waals surface area contributed by atoms with Gasteiger partial charge in [-0.2, -0.15) is 5.06 Å². The fourth-order valence-electron chi connectivity index (χ4n) is 1.87. The Morgan fingerprint density at radius 1 is 1.04 bits per heavy atom. The Bertz CT molecular complexity index is 578. The lowest BCUT2D eigenvalue weighted by Gasteiger charge is -2.11. The van der Waals surface area contributed by atoms with E-state index in [0.717, 1.165) is 5.75 Å². The van der Waals surface area contributed by atoms with Gasteiger partial charge >= 0.3 is 6.09 Å².